The fraction of sp³-hybridized carbons (Fsp3) is 1.00. The first-order valence-electron chi connectivity index (χ1n) is 6.13. The van der Waals surface area contributed by atoms with Gasteiger partial charge in [-0.05, 0) is 47.8 Å². The second-order valence-electron chi connectivity index (χ2n) is 5.17. The largest absolute Gasteiger partial charge is 0.386 e. The lowest BCUT2D eigenvalue weighted by atomic mass is 10.5. The van der Waals surface area contributed by atoms with Gasteiger partial charge in [-0.25, -0.2) is 0 Å². The maximum atomic E-state index is 2.68. The molecule has 0 N–H and O–H groups in total. The number of hydrogen-bond acceptors (Lipinski definition) is 3. The van der Waals surface area contributed by atoms with E-state index in [-0.39, 0.29) is 0 Å². The fourth-order valence-electron chi connectivity index (χ4n) is 2.22. The highest BCUT2D eigenvalue weighted by Gasteiger charge is 2.25. The summed E-state index contributed by atoms with van der Waals surface area (Å²) in [5, 5.41) is 2.96. The van der Waals surface area contributed by atoms with Crippen LogP contribution in [0.25, 0.3) is 0 Å². The molecule has 1 aliphatic heterocycles. The average molecular weight is 227 g/mol. The summed E-state index contributed by atoms with van der Waals surface area (Å²) >= 11 is -0.598. The van der Waals surface area contributed by atoms with Crippen molar-refractivity contribution in [2.24, 2.45) is 0 Å². The molecular formula is C11H26AlN3. The molecule has 1 aliphatic rings. The minimum absolute atomic E-state index is 0.598. The summed E-state index contributed by atoms with van der Waals surface area (Å²) in [7, 11) is 8.94. The molecule has 1 rings (SSSR count). The molecule has 1 heterocycles. The second-order valence-corrected chi connectivity index (χ2v) is 8.52. The molecule has 0 aromatic carbocycles. The molecule has 0 spiro atoms. The van der Waals surface area contributed by atoms with Gasteiger partial charge in [0.25, 0.3) is 0 Å². The topological polar surface area (TPSA) is 9.72 Å². The number of rotatable bonds is 4. The molecule has 0 unspecified atom stereocenters. The van der Waals surface area contributed by atoms with Gasteiger partial charge in [0.2, 0.25) is 0 Å². The van der Waals surface area contributed by atoms with Gasteiger partial charge < -0.3 is 13.7 Å². The Bertz CT molecular complexity index is 175. The van der Waals surface area contributed by atoms with Gasteiger partial charge in [-0.2, -0.15) is 0 Å². The minimum Gasteiger partial charge on any atom is -0.386 e. The highest BCUT2D eigenvalue weighted by atomic mass is 27.2. The predicted octanol–water partition coefficient (Wildman–Crippen LogP) is 0.807. The zero-order valence-corrected chi connectivity index (χ0v) is 12.0. The van der Waals surface area contributed by atoms with Gasteiger partial charge in [-0.1, -0.05) is 17.0 Å². The van der Waals surface area contributed by atoms with Crippen LogP contribution in [0.3, 0.4) is 0 Å². The second kappa shape index (κ2) is 6.88. The first-order chi connectivity index (χ1) is 7.09. The van der Waals surface area contributed by atoms with Crippen LogP contribution >= 0.6 is 0 Å². The first-order valence-corrected chi connectivity index (χ1v) is 8.28. The van der Waals surface area contributed by atoms with Gasteiger partial charge in [0.1, 0.15) is 0 Å². The van der Waals surface area contributed by atoms with E-state index >= 15 is 0 Å². The van der Waals surface area contributed by atoms with E-state index in [9.17, 15) is 0 Å². The van der Waals surface area contributed by atoms with E-state index in [1.807, 2.05) is 0 Å². The van der Waals surface area contributed by atoms with Crippen LogP contribution in [0.2, 0.25) is 10.6 Å². The van der Waals surface area contributed by atoms with Crippen LogP contribution in [-0.4, -0.2) is 82.4 Å². The molecule has 0 saturated carbocycles. The summed E-state index contributed by atoms with van der Waals surface area (Å²) in [5.41, 5.74) is 0. The Kier molecular flexibility index (Phi) is 6.18. The molecule has 0 amide bonds. The molecule has 1 saturated heterocycles. The number of likely N-dealkylation sites (N-methyl/N-ethyl adjacent to an activating group) is 2. The molecule has 3 nitrogen and oxygen atoms in total. The Morgan fingerprint density at radius 1 is 1.13 bits per heavy atom. The van der Waals surface area contributed by atoms with Crippen LogP contribution in [0.5, 0.6) is 0 Å². The normalized spacial score (nSPS) is 21.0. The van der Waals surface area contributed by atoms with E-state index in [1.165, 1.54) is 43.2 Å². The van der Waals surface area contributed by atoms with Crippen molar-refractivity contribution in [1.29, 1.82) is 0 Å². The van der Waals surface area contributed by atoms with Crippen molar-refractivity contribution < 1.29 is 0 Å². The van der Waals surface area contributed by atoms with Crippen molar-refractivity contribution in [2.45, 2.75) is 17.0 Å². The Morgan fingerprint density at radius 2 is 1.87 bits per heavy atom. The molecular weight excluding hydrogens is 201 g/mol. The van der Waals surface area contributed by atoms with E-state index in [1.54, 1.807) is 0 Å². The molecule has 0 bridgehead atoms. The van der Waals surface area contributed by atoms with Crippen LogP contribution in [0.15, 0.2) is 0 Å². The van der Waals surface area contributed by atoms with Gasteiger partial charge in [0.15, 0.2) is 0 Å². The summed E-state index contributed by atoms with van der Waals surface area (Å²) in [5.74, 6) is 0. The van der Waals surface area contributed by atoms with Crippen molar-refractivity contribution in [1.82, 2.24) is 13.7 Å². The molecule has 4 heteroatoms. The van der Waals surface area contributed by atoms with E-state index in [2.05, 4.69) is 41.9 Å². The van der Waals surface area contributed by atoms with Gasteiger partial charge >= 0.3 is 14.4 Å². The Hall–Kier alpha value is 0.412. The van der Waals surface area contributed by atoms with E-state index in [4.69, 9.17) is 0 Å². The van der Waals surface area contributed by atoms with Crippen LogP contribution in [0.4, 0.5) is 0 Å². The lowest BCUT2D eigenvalue weighted by molar-refractivity contribution is 0.341. The number of nitrogens with zero attached hydrogens (tertiary/aromatic N) is 3. The minimum atomic E-state index is -0.598. The van der Waals surface area contributed by atoms with Crippen LogP contribution in [0.1, 0.15) is 6.42 Å². The SMILES string of the molecule is CN(C)CC[CH2][Al]1[CH2]CN(C)CC[N]1C. The monoisotopic (exact) mass is 227 g/mol. The molecule has 15 heavy (non-hydrogen) atoms. The third-order valence-corrected chi connectivity index (χ3v) is 6.95. The lowest BCUT2D eigenvalue weighted by Gasteiger charge is -2.21. The van der Waals surface area contributed by atoms with E-state index < -0.39 is 14.4 Å². The standard InChI is InChI=1S/C6H14N2.C5H12N.Al/c1-4-8(3)6-5-7-2;1-4-5-6(2)3;/h1,4-6H2,2-3H3;1,4-5H2,2-3H3;/q-1;;+1. The van der Waals surface area contributed by atoms with E-state index in [0.717, 1.165) is 0 Å². The van der Waals surface area contributed by atoms with Crippen molar-refractivity contribution >= 4 is 14.4 Å². The maximum absolute atomic E-state index is 2.68. The molecule has 0 aromatic rings. The van der Waals surface area contributed by atoms with Gasteiger partial charge in [0, 0.05) is 6.54 Å². The molecule has 88 valence electrons. The summed E-state index contributed by atoms with van der Waals surface area (Å²) in [6.45, 7) is 5.12. The quantitative estimate of drug-likeness (QED) is 0.658. The Morgan fingerprint density at radius 3 is 2.53 bits per heavy atom. The van der Waals surface area contributed by atoms with Crippen molar-refractivity contribution in [3.63, 3.8) is 0 Å². The van der Waals surface area contributed by atoms with Crippen molar-refractivity contribution in [3.05, 3.63) is 0 Å². The van der Waals surface area contributed by atoms with Crippen LogP contribution in [-0.2, 0) is 0 Å². The first kappa shape index (κ1) is 13.5. The zero-order valence-electron chi connectivity index (χ0n) is 10.9. The highest BCUT2D eigenvalue weighted by Crippen LogP contribution is 2.11. The molecule has 0 aromatic heterocycles. The molecule has 0 radical (unpaired) electrons. The lowest BCUT2D eigenvalue weighted by Crippen LogP contribution is -2.36. The number of hydrogen-bond donors (Lipinski definition) is 0. The van der Waals surface area contributed by atoms with Crippen LogP contribution in [0, 0.1) is 0 Å². The van der Waals surface area contributed by atoms with Gasteiger partial charge in [-0.15, -0.1) is 0 Å². The summed E-state index contributed by atoms with van der Waals surface area (Å²) in [6.07, 6.45) is 1.39. The van der Waals surface area contributed by atoms with Crippen LogP contribution < -0.4 is 0 Å². The Balaban J connectivity index is 2.26. The summed E-state index contributed by atoms with van der Waals surface area (Å²) in [6, 6.07) is 0. The summed E-state index contributed by atoms with van der Waals surface area (Å²) in [4.78, 5) is 4.78. The third kappa shape index (κ3) is 5.33. The zero-order chi connectivity index (χ0) is 11.3. The van der Waals surface area contributed by atoms with Gasteiger partial charge in [0.05, 0.1) is 0 Å². The third-order valence-electron chi connectivity index (χ3n) is 3.44. The van der Waals surface area contributed by atoms with Gasteiger partial charge in [-0.3, -0.25) is 0 Å². The average Bonchev–Trinajstić information content (AvgIpc) is 2.32. The van der Waals surface area contributed by atoms with Crippen molar-refractivity contribution in [3.8, 4) is 0 Å². The predicted molar refractivity (Wildman–Crippen MR) is 68.7 cm³/mol. The fourth-order valence-corrected chi connectivity index (χ4v) is 5.26. The highest BCUT2D eigenvalue weighted by molar-refractivity contribution is 6.55. The van der Waals surface area contributed by atoms with E-state index in [0.29, 0.717) is 0 Å². The smallest absolute Gasteiger partial charge is 0.373 e. The molecule has 0 aliphatic carbocycles. The maximum Gasteiger partial charge on any atom is 0.373 e. The Labute approximate surface area is 99.6 Å². The summed E-state index contributed by atoms with van der Waals surface area (Å²) < 4.78 is 2.68. The van der Waals surface area contributed by atoms with Crippen molar-refractivity contribution in [2.75, 3.05) is 54.4 Å². The molecule has 1 fully saturated rings. The molecule has 0 atom stereocenters.